The van der Waals surface area contributed by atoms with Crippen LogP contribution in [0.15, 0.2) is 18.3 Å². The molecule has 1 saturated carbocycles. The van der Waals surface area contributed by atoms with Gasteiger partial charge >= 0.3 is 0 Å². The largest absolute Gasteiger partial charge is 0.367 e. The van der Waals surface area contributed by atoms with Crippen molar-refractivity contribution in [2.45, 2.75) is 43.7 Å². The third-order valence-corrected chi connectivity index (χ3v) is 4.02. The molecular weight excluding hydrogens is 217 g/mol. The number of hydrogen-bond donors (Lipinski definition) is 2. The summed E-state index contributed by atoms with van der Waals surface area (Å²) in [6.07, 6.45) is 7.47. The third-order valence-electron chi connectivity index (χ3n) is 4.02. The maximum atomic E-state index is 12.8. The van der Waals surface area contributed by atoms with Crippen molar-refractivity contribution in [2.75, 3.05) is 11.9 Å². The van der Waals surface area contributed by atoms with Crippen LogP contribution >= 0.6 is 0 Å². The van der Waals surface area contributed by atoms with E-state index >= 15 is 0 Å². The average Bonchev–Trinajstić information content (AvgIpc) is 2.31. The Morgan fingerprint density at radius 3 is 2.94 bits per heavy atom. The van der Waals surface area contributed by atoms with Crippen LogP contribution in [0.25, 0.3) is 0 Å². The molecular formula is C13H18FN3. The first kappa shape index (κ1) is 11.0. The summed E-state index contributed by atoms with van der Waals surface area (Å²) in [6.45, 7) is 1.07. The predicted molar refractivity (Wildman–Crippen MR) is 65.4 cm³/mol. The van der Waals surface area contributed by atoms with Gasteiger partial charge in [-0.3, -0.25) is 0 Å². The zero-order chi connectivity index (χ0) is 11.7. The minimum absolute atomic E-state index is 0.281. The molecule has 2 aliphatic rings. The molecule has 1 atom stereocenters. The lowest BCUT2D eigenvalue weighted by Gasteiger charge is -2.48. The number of anilines is 1. The van der Waals surface area contributed by atoms with Gasteiger partial charge in [0.1, 0.15) is 11.6 Å². The van der Waals surface area contributed by atoms with E-state index in [1.54, 1.807) is 6.07 Å². The SMILES string of the molecule is Fc1ccc(NC2CCNC3(CCC3)C2)nc1. The molecule has 3 rings (SSSR count). The molecule has 1 spiro atoms. The summed E-state index contributed by atoms with van der Waals surface area (Å²) in [5.41, 5.74) is 0.385. The number of hydrogen-bond acceptors (Lipinski definition) is 3. The number of halogens is 1. The number of piperidine rings is 1. The lowest BCUT2D eigenvalue weighted by Crippen LogP contribution is -2.58. The van der Waals surface area contributed by atoms with E-state index in [0.29, 0.717) is 11.6 Å². The van der Waals surface area contributed by atoms with Gasteiger partial charge in [0.25, 0.3) is 0 Å². The van der Waals surface area contributed by atoms with Crippen LogP contribution in [0.1, 0.15) is 32.1 Å². The van der Waals surface area contributed by atoms with Crippen molar-refractivity contribution in [3.8, 4) is 0 Å². The Balaban J connectivity index is 1.63. The number of rotatable bonds is 2. The van der Waals surface area contributed by atoms with Crippen LogP contribution in [-0.4, -0.2) is 23.1 Å². The van der Waals surface area contributed by atoms with Crippen LogP contribution in [-0.2, 0) is 0 Å². The van der Waals surface area contributed by atoms with Gasteiger partial charge in [-0.15, -0.1) is 0 Å². The second-order valence-corrected chi connectivity index (χ2v) is 5.26. The molecule has 0 aromatic carbocycles. The summed E-state index contributed by atoms with van der Waals surface area (Å²) in [5, 5.41) is 7.05. The van der Waals surface area contributed by atoms with Crippen molar-refractivity contribution in [3.63, 3.8) is 0 Å². The molecule has 2 fully saturated rings. The summed E-state index contributed by atoms with van der Waals surface area (Å²) in [5.74, 6) is 0.504. The van der Waals surface area contributed by atoms with Crippen molar-refractivity contribution in [2.24, 2.45) is 0 Å². The Hall–Kier alpha value is -1.16. The quantitative estimate of drug-likeness (QED) is 0.826. The van der Waals surface area contributed by atoms with E-state index in [9.17, 15) is 4.39 Å². The first-order valence-electron chi connectivity index (χ1n) is 6.39. The molecule has 92 valence electrons. The Kier molecular flexibility index (Phi) is 2.74. The number of aromatic nitrogens is 1. The fourth-order valence-electron chi connectivity index (χ4n) is 2.94. The minimum atomic E-state index is -0.281. The Labute approximate surface area is 101 Å². The fourth-order valence-corrected chi connectivity index (χ4v) is 2.94. The molecule has 2 N–H and O–H groups in total. The van der Waals surface area contributed by atoms with E-state index in [-0.39, 0.29) is 5.82 Å². The van der Waals surface area contributed by atoms with Gasteiger partial charge in [-0.05, 0) is 50.8 Å². The molecule has 0 radical (unpaired) electrons. The van der Waals surface area contributed by atoms with Gasteiger partial charge in [-0.1, -0.05) is 0 Å². The van der Waals surface area contributed by atoms with Crippen molar-refractivity contribution in [1.82, 2.24) is 10.3 Å². The lowest BCUT2D eigenvalue weighted by atomic mass is 9.70. The second-order valence-electron chi connectivity index (χ2n) is 5.26. The highest BCUT2D eigenvalue weighted by atomic mass is 19.1. The van der Waals surface area contributed by atoms with Crippen LogP contribution in [0.5, 0.6) is 0 Å². The van der Waals surface area contributed by atoms with E-state index in [2.05, 4.69) is 15.6 Å². The molecule has 1 aromatic heterocycles. The topological polar surface area (TPSA) is 37.0 Å². The molecule has 3 nitrogen and oxygen atoms in total. The van der Waals surface area contributed by atoms with Gasteiger partial charge in [-0.2, -0.15) is 0 Å². The van der Waals surface area contributed by atoms with Gasteiger partial charge in [-0.25, -0.2) is 9.37 Å². The van der Waals surface area contributed by atoms with Gasteiger partial charge in [0.2, 0.25) is 0 Å². The number of pyridine rings is 1. The predicted octanol–water partition coefficient (Wildman–Crippen LogP) is 2.31. The molecule has 1 saturated heterocycles. The molecule has 2 heterocycles. The second kappa shape index (κ2) is 4.26. The summed E-state index contributed by atoms with van der Waals surface area (Å²) in [6, 6.07) is 3.63. The van der Waals surface area contributed by atoms with Crippen molar-refractivity contribution in [3.05, 3.63) is 24.1 Å². The van der Waals surface area contributed by atoms with E-state index in [1.807, 2.05) is 0 Å². The van der Waals surface area contributed by atoms with Gasteiger partial charge < -0.3 is 10.6 Å². The van der Waals surface area contributed by atoms with E-state index < -0.39 is 0 Å². The number of nitrogens with one attached hydrogen (secondary N) is 2. The zero-order valence-corrected chi connectivity index (χ0v) is 9.88. The Morgan fingerprint density at radius 2 is 2.29 bits per heavy atom. The standard InChI is InChI=1S/C13H18FN3/c14-10-2-3-12(15-9-10)17-11-4-7-16-13(8-11)5-1-6-13/h2-3,9,11,16H,1,4-8H2,(H,15,17). The van der Waals surface area contributed by atoms with E-state index in [1.165, 1.54) is 31.5 Å². The average molecular weight is 235 g/mol. The molecule has 1 aromatic rings. The number of nitrogens with zero attached hydrogens (tertiary/aromatic N) is 1. The molecule has 1 unspecified atom stereocenters. The monoisotopic (exact) mass is 235 g/mol. The van der Waals surface area contributed by atoms with Crippen molar-refractivity contribution < 1.29 is 4.39 Å². The van der Waals surface area contributed by atoms with Crippen LogP contribution in [0.2, 0.25) is 0 Å². The van der Waals surface area contributed by atoms with Crippen molar-refractivity contribution in [1.29, 1.82) is 0 Å². The highest BCUT2D eigenvalue weighted by Gasteiger charge is 2.40. The van der Waals surface area contributed by atoms with Crippen LogP contribution < -0.4 is 10.6 Å². The molecule has 4 heteroatoms. The first-order chi connectivity index (χ1) is 8.26. The molecule has 0 amide bonds. The zero-order valence-electron chi connectivity index (χ0n) is 9.88. The summed E-state index contributed by atoms with van der Waals surface area (Å²) < 4.78 is 12.8. The molecule has 17 heavy (non-hydrogen) atoms. The van der Waals surface area contributed by atoms with Gasteiger partial charge in [0.05, 0.1) is 6.20 Å². The molecule has 1 aliphatic carbocycles. The van der Waals surface area contributed by atoms with Crippen LogP contribution in [0.4, 0.5) is 10.2 Å². The van der Waals surface area contributed by atoms with E-state index in [4.69, 9.17) is 0 Å². The normalized spacial score (nSPS) is 26.5. The Bertz CT molecular complexity index is 386. The van der Waals surface area contributed by atoms with Gasteiger partial charge in [0.15, 0.2) is 0 Å². The summed E-state index contributed by atoms with van der Waals surface area (Å²) in [4.78, 5) is 4.06. The summed E-state index contributed by atoms with van der Waals surface area (Å²) >= 11 is 0. The molecule has 0 bridgehead atoms. The first-order valence-corrected chi connectivity index (χ1v) is 6.39. The maximum Gasteiger partial charge on any atom is 0.141 e. The van der Waals surface area contributed by atoms with Crippen LogP contribution in [0, 0.1) is 5.82 Å². The Morgan fingerprint density at radius 1 is 1.41 bits per heavy atom. The lowest BCUT2D eigenvalue weighted by molar-refractivity contribution is 0.135. The van der Waals surface area contributed by atoms with E-state index in [0.717, 1.165) is 25.2 Å². The highest BCUT2D eigenvalue weighted by molar-refractivity contribution is 5.35. The van der Waals surface area contributed by atoms with Gasteiger partial charge in [0, 0.05) is 11.6 Å². The molecule has 1 aliphatic heterocycles. The smallest absolute Gasteiger partial charge is 0.141 e. The third kappa shape index (κ3) is 2.27. The maximum absolute atomic E-state index is 12.8. The van der Waals surface area contributed by atoms with Crippen LogP contribution in [0.3, 0.4) is 0 Å². The van der Waals surface area contributed by atoms with Crippen molar-refractivity contribution >= 4 is 5.82 Å². The summed E-state index contributed by atoms with van der Waals surface area (Å²) in [7, 11) is 0. The highest BCUT2D eigenvalue weighted by Crippen LogP contribution is 2.38. The minimum Gasteiger partial charge on any atom is -0.367 e. The fraction of sp³-hybridized carbons (Fsp3) is 0.615.